The number of rotatable bonds is 5. The first-order valence-corrected chi connectivity index (χ1v) is 9.89. The average Bonchev–Trinajstić information content (AvgIpc) is 2.93. The number of sulfonamides is 1. The van der Waals surface area contributed by atoms with Crippen LogP contribution in [0.1, 0.15) is 30.6 Å². The van der Waals surface area contributed by atoms with E-state index in [9.17, 15) is 8.42 Å². The van der Waals surface area contributed by atoms with Gasteiger partial charge in [-0.25, -0.2) is 8.42 Å². The number of hydrogen-bond donors (Lipinski definition) is 0. The highest BCUT2D eigenvalue weighted by molar-refractivity contribution is 9.11. The summed E-state index contributed by atoms with van der Waals surface area (Å²) in [5.41, 5.74) is 0. The summed E-state index contributed by atoms with van der Waals surface area (Å²) in [6, 6.07) is 1.83. The molecule has 1 aromatic rings. The lowest BCUT2D eigenvalue weighted by atomic mass is 10.1. The fourth-order valence-corrected chi connectivity index (χ4v) is 6.80. The smallest absolute Gasteiger partial charge is 0.207 e. The molecule has 19 heavy (non-hydrogen) atoms. The number of nitrogens with zero attached hydrogens (tertiary/aromatic N) is 1. The van der Waals surface area contributed by atoms with Crippen LogP contribution in [0.4, 0.5) is 0 Å². The summed E-state index contributed by atoms with van der Waals surface area (Å²) in [6.45, 7) is 2.48. The number of hydrogen-bond acceptors (Lipinski definition) is 3. The number of halogens is 2. The summed E-state index contributed by atoms with van der Waals surface area (Å²) >= 11 is 10.5. The highest BCUT2D eigenvalue weighted by Crippen LogP contribution is 2.35. The number of alkyl halides is 1. The minimum absolute atomic E-state index is 0.113. The van der Waals surface area contributed by atoms with Gasteiger partial charge in [-0.15, -0.1) is 22.9 Å². The van der Waals surface area contributed by atoms with Crippen molar-refractivity contribution in [1.29, 1.82) is 0 Å². The van der Waals surface area contributed by atoms with Gasteiger partial charge in [0, 0.05) is 23.3 Å². The molecule has 3 nitrogen and oxygen atoms in total. The molecule has 0 saturated carbocycles. The van der Waals surface area contributed by atoms with Gasteiger partial charge in [0.15, 0.2) is 0 Å². The molecule has 1 aliphatic rings. The average molecular weight is 387 g/mol. The summed E-state index contributed by atoms with van der Waals surface area (Å²) in [6.07, 6.45) is 3.61. The SMILES string of the molecule is Cc1sc(Br)cc1S(=O)(=O)N1CCCC1CCCCl. The maximum atomic E-state index is 12.7. The number of thiophene rings is 1. The van der Waals surface area contributed by atoms with Crippen LogP contribution in [0.5, 0.6) is 0 Å². The molecule has 108 valence electrons. The van der Waals surface area contributed by atoms with Crippen LogP contribution in [0.25, 0.3) is 0 Å². The van der Waals surface area contributed by atoms with E-state index in [1.54, 1.807) is 10.4 Å². The second kappa shape index (κ2) is 6.43. The van der Waals surface area contributed by atoms with Crippen molar-refractivity contribution in [3.05, 3.63) is 14.7 Å². The molecule has 0 bridgehead atoms. The zero-order valence-corrected chi connectivity index (χ0v) is 14.7. The van der Waals surface area contributed by atoms with E-state index in [1.165, 1.54) is 11.3 Å². The van der Waals surface area contributed by atoms with Crippen molar-refractivity contribution in [3.8, 4) is 0 Å². The minimum Gasteiger partial charge on any atom is -0.207 e. The lowest BCUT2D eigenvalue weighted by Crippen LogP contribution is -2.35. The van der Waals surface area contributed by atoms with Gasteiger partial charge < -0.3 is 0 Å². The normalized spacial score (nSPS) is 21.1. The Bertz CT molecular complexity index is 544. The van der Waals surface area contributed by atoms with Gasteiger partial charge in [-0.2, -0.15) is 4.31 Å². The topological polar surface area (TPSA) is 37.4 Å². The van der Waals surface area contributed by atoms with Crippen molar-refractivity contribution in [3.63, 3.8) is 0 Å². The van der Waals surface area contributed by atoms with Gasteiger partial charge in [-0.05, 0) is 54.6 Å². The van der Waals surface area contributed by atoms with Crippen LogP contribution < -0.4 is 0 Å². The molecule has 2 rings (SSSR count). The van der Waals surface area contributed by atoms with Gasteiger partial charge in [0.25, 0.3) is 0 Å². The largest absolute Gasteiger partial charge is 0.244 e. The summed E-state index contributed by atoms with van der Waals surface area (Å²) in [7, 11) is -3.36. The fourth-order valence-electron chi connectivity index (χ4n) is 2.54. The molecule has 2 heterocycles. The lowest BCUT2D eigenvalue weighted by molar-refractivity contribution is 0.368. The van der Waals surface area contributed by atoms with E-state index in [-0.39, 0.29) is 6.04 Å². The molecule has 1 fully saturated rings. The van der Waals surface area contributed by atoms with E-state index < -0.39 is 10.0 Å². The molecule has 1 unspecified atom stereocenters. The second-order valence-corrected chi connectivity index (χ2v) is 9.59. The summed E-state index contributed by atoms with van der Waals surface area (Å²) in [5.74, 6) is 0.591. The molecule has 1 atom stereocenters. The van der Waals surface area contributed by atoms with E-state index in [1.807, 2.05) is 6.92 Å². The third-order valence-electron chi connectivity index (χ3n) is 3.42. The molecular formula is C12H17BrClNO2S2. The van der Waals surface area contributed by atoms with Gasteiger partial charge in [0.1, 0.15) is 0 Å². The Morgan fingerprint density at radius 2 is 2.32 bits per heavy atom. The third kappa shape index (κ3) is 3.35. The summed E-state index contributed by atoms with van der Waals surface area (Å²) in [4.78, 5) is 1.29. The van der Waals surface area contributed by atoms with E-state index in [0.29, 0.717) is 17.3 Å². The first kappa shape index (κ1) is 15.8. The molecule has 0 amide bonds. The molecule has 1 saturated heterocycles. The van der Waals surface area contributed by atoms with Gasteiger partial charge in [-0.3, -0.25) is 0 Å². The Morgan fingerprint density at radius 3 is 2.89 bits per heavy atom. The van der Waals surface area contributed by atoms with E-state index in [4.69, 9.17) is 11.6 Å². The predicted molar refractivity (Wildman–Crippen MR) is 83.6 cm³/mol. The molecule has 7 heteroatoms. The Kier molecular flexibility index (Phi) is 5.34. The van der Waals surface area contributed by atoms with Gasteiger partial charge >= 0.3 is 0 Å². The zero-order chi connectivity index (χ0) is 14.0. The van der Waals surface area contributed by atoms with Crippen LogP contribution in [0.2, 0.25) is 0 Å². The van der Waals surface area contributed by atoms with Gasteiger partial charge in [0.05, 0.1) is 8.68 Å². The molecule has 0 aliphatic carbocycles. The highest BCUT2D eigenvalue weighted by atomic mass is 79.9. The van der Waals surface area contributed by atoms with Crippen LogP contribution in [-0.2, 0) is 10.0 Å². The van der Waals surface area contributed by atoms with E-state index >= 15 is 0 Å². The van der Waals surface area contributed by atoms with Crippen molar-refractivity contribution in [2.75, 3.05) is 12.4 Å². The van der Waals surface area contributed by atoms with Crippen molar-refractivity contribution >= 4 is 48.9 Å². The minimum atomic E-state index is -3.36. The van der Waals surface area contributed by atoms with Crippen molar-refractivity contribution in [2.45, 2.75) is 43.5 Å². The predicted octanol–water partition coefficient (Wildman–Crippen LogP) is 3.99. The van der Waals surface area contributed by atoms with E-state index in [0.717, 1.165) is 34.3 Å². The maximum absolute atomic E-state index is 12.7. The quantitative estimate of drug-likeness (QED) is 0.717. The Balaban J connectivity index is 2.26. The van der Waals surface area contributed by atoms with Crippen molar-refractivity contribution in [1.82, 2.24) is 4.31 Å². The summed E-state index contributed by atoms with van der Waals surface area (Å²) in [5, 5.41) is 0. The van der Waals surface area contributed by atoms with Crippen molar-refractivity contribution < 1.29 is 8.42 Å². The third-order valence-corrected chi connectivity index (χ3v) is 7.45. The molecule has 1 aliphatic heterocycles. The van der Waals surface area contributed by atoms with E-state index in [2.05, 4.69) is 15.9 Å². The first-order chi connectivity index (χ1) is 8.96. The van der Waals surface area contributed by atoms with Crippen molar-refractivity contribution in [2.24, 2.45) is 0 Å². The Labute approximate surface area is 132 Å². The second-order valence-electron chi connectivity index (χ2n) is 4.71. The standard InChI is InChI=1S/C12H17BrClNO2S2/c1-9-11(8-12(13)18-9)19(16,17)15-7-3-5-10(15)4-2-6-14/h8,10H,2-7H2,1H3. The zero-order valence-electron chi connectivity index (χ0n) is 10.7. The maximum Gasteiger partial charge on any atom is 0.244 e. The van der Waals surface area contributed by atoms with Gasteiger partial charge in [0.2, 0.25) is 10.0 Å². The number of aryl methyl sites for hydroxylation is 1. The molecule has 0 N–H and O–H groups in total. The van der Waals surface area contributed by atoms with Crippen LogP contribution in [0.3, 0.4) is 0 Å². The molecule has 1 aromatic heterocycles. The molecule has 0 radical (unpaired) electrons. The molecule has 0 spiro atoms. The Hall–Kier alpha value is 0.380. The Morgan fingerprint density at radius 1 is 1.58 bits per heavy atom. The van der Waals surface area contributed by atoms with Crippen LogP contribution in [0.15, 0.2) is 14.7 Å². The molecule has 0 aromatic carbocycles. The monoisotopic (exact) mass is 385 g/mol. The lowest BCUT2D eigenvalue weighted by Gasteiger charge is -2.23. The van der Waals surface area contributed by atoms with Crippen LogP contribution >= 0.6 is 38.9 Å². The first-order valence-electron chi connectivity index (χ1n) is 6.30. The van der Waals surface area contributed by atoms with Crippen LogP contribution in [0, 0.1) is 6.92 Å². The van der Waals surface area contributed by atoms with Gasteiger partial charge in [-0.1, -0.05) is 0 Å². The van der Waals surface area contributed by atoms with Crippen LogP contribution in [-0.4, -0.2) is 31.2 Å². The summed E-state index contributed by atoms with van der Waals surface area (Å²) < 4.78 is 28.0. The molecular weight excluding hydrogens is 370 g/mol. The fraction of sp³-hybridized carbons (Fsp3) is 0.667. The highest BCUT2D eigenvalue weighted by Gasteiger charge is 2.36.